The van der Waals surface area contributed by atoms with Gasteiger partial charge in [-0.25, -0.2) is 9.78 Å². The standard InChI is InChI=1S/C27H18N2O2S/c30-25-16-19(26-21-11-5-4-8-18(21)14-15-24(26)31-25)17-32-27-28-22-12-6-7-13-23(22)29(27)20-9-2-1-3-10-20/h1-16H,17H2. The Balaban J connectivity index is 1.49. The Labute approximate surface area is 188 Å². The molecule has 0 bridgehead atoms. The van der Waals surface area contributed by atoms with Crippen molar-refractivity contribution in [1.82, 2.24) is 9.55 Å². The van der Waals surface area contributed by atoms with Crippen LogP contribution >= 0.6 is 11.8 Å². The Hall–Kier alpha value is -3.83. The number of hydrogen-bond acceptors (Lipinski definition) is 4. The molecule has 0 saturated heterocycles. The minimum absolute atomic E-state index is 0.333. The maximum absolute atomic E-state index is 12.3. The van der Waals surface area contributed by atoms with Crippen LogP contribution in [0, 0.1) is 0 Å². The van der Waals surface area contributed by atoms with Gasteiger partial charge in [-0.2, -0.15) is 0 Å². The van der Waals surface area contributed by atoms with Crippen molar-refractivity contribution in [3.05, 3.63) is 113 Å². The van der Waals surface area contributed by atoms with Crippen molar-refractivity contribution in [2.75, 3.05) is 0 Å². The number of fused-ring (bicyclic) bond motifs is 4. The lowest BCUT2D eigenvalue weighted by Crippen LogP contribution is -2.01. The highest BCUT2D eigenvalue weighted by Gasteiger charge is 2.15. The molecule has 154 valence electrons. The van der Waals surface area contributed by atoms with Gasteiger partial charge in [0.15, 0.2) is 5.16 Å². The molecule has 32 heavy (non-hydrogen) atoms. The summed E-state index contributed by atoms with van der Waals surface area (Å²) in [5.41, 5.74) is 4.30. The molecule has 0 unspecified atom stereocenters. The first kappa shape index (κ1) is 18.9. The highest BCUT2D eigenvalue weighted by molar-refractivity contribution is 7.98. The Morgan fingerprint density at radius 2 is 1.62 bits per heavy atom. The molecule has 0 amide bonds. The normalized spacial score (nSPS) is 11.5. The molecule has 6 rings (SSSR count). The van der Waals surface area contributed by atoms with Crippen LogP contribution in [-0.4, -0.2) is 9.55 Å². The van der Waals surface area contributed by atoms with Gasteiger partial charge in [-0.3, -0.25) is 4.57 Å². The van der Waals surface area contributed by atoms with Gasteiger partial charge in [0.1, 0.15) is 5.58 Å². The molecule has 0 atom stereocenters. The lowest BCUT2D eigenvalue weighted by atomic mass is 10.0. The van der Waals surface area contributed by atoms with Gasteiger partial charge in [0.2, 0.25) is 0 Å². The summed E-state index contributed by atoms with van der Waals surface area (Å²) in [6.45, 7) is 0. The van der Waals surface area contributed by atoms with E-state index in [2.05, 4.69) is 34.9 Å². The maximum atomic E-state index is 12.3. The topological polar surface area (TPSA) is 48.0 Å². The van der Waals surface area contributed by atoms with E-state index in [1.54, 1.807) is 17.8 Å². The van der Waals surface area contributed by atoms with Crippen LogP contribution in [0.5, 0.6) is 0 Å². The first-order chi connectivity index (χ1) is 15.8. The third-order valence-corrected chi connectivity index (χ3v) is 6.60. The van der Waals surface area contributed by atoms with E-state index in [1.807, 2.05) is 60.7 Å². The smallest absolute Gasteiger partial charge is 0.336 e. The van der Waals surface area contributed by atoms with Gasteiger partial charge in [0.05, 0.1) is 11.0 Å². The number of thioether (sulfide) groups is 1. The molecule has 0 radical (unpaired) electrons. The molecular weight excluding hydrogens is 416 g/mol. The second-order valence-electron chi connectivity index (χ2n) is 7.59. The Morgan fingerprint density at radius 3 is 2.53 bits per heavy atom. The van der Waals surface area contributed by atoms with Crippen molar-refractivity contribution in [2.45, 2.75) is 10.9 Å². The van der Waals surface area contributed by atoms with Crippen LogP contribution in [0.3, 0.4) is 0 Å². The molecule has 0 N–H and O–H groups in total. The van der Waals surface area contributed by atoms with Gasteiger partial charge in [-0.15, -0.1) is 0 Å². The zero-order chi connectivity index (χ0) is 21.5. The summed E-state index contributed by atoms with van der Waals surface area (Å²) in [4.78, 5) is 17.2. The average molecular weight is 435 g/mol. The zero-order valence-corrected chi connectivity index (χ0v) is 17.9. The lowest BCUT2D eigenvalue weighted by molar-refractivity contribution is 0.560. The summed E-state index contributed by atoms with van der Waals surface area (Å²) in [5, 5.41) is 4.08. The maximum Gasteiger partial charge on any atom is 0.336 e. The van der Waals surface area contributed by atoms with Crippen molar-refractivity contribution in [1.29, 1.82) is 0 Å². The molecule has 2 aromatic heterocycles. The van der Waals surface area contributed by atoms with Gasteiger partial charge in [-0.1, -0.05) is 72.4 Å². The predicted molar refractivity (Wildman–Crippen MR) is 131 cm³/mol. The number of para-hydroxylation sites is 3. The van der Waals surface area contributed by atoms with Crippen LogP contribution in [0.25, 0.3) is 38.5 Å². The quantitative estimate of drug-likeness (QED) is 0.179. The summed E-state index contributed by atoms with van der Waals surface area (Å²) in [5.74, 6) is 0.603. The van der Waals surface area contributed by atoms with Crippen LogP contribution in [0.2, 0.25) is 0 Å². The first-order valence-electron chi connectivity index (χ1n) is 10.4. The van der Waals surface area contributed by atoms with Gasteiger partial charge in [0.25, 0.3) is 0 Å². The summed E-state index contributed by atoms with van der Waals surface area (Å²) >= 11 is 1.62. The van der Waals surface area contributed by atoms with E-state index < -0.39 is 0 Å². The van der Waals surface area contributed by atoms with E-state index in [-0.39, 0.29) is 5.63 Å². The van der Waals surface area contributed by atoms with Crippen molar-refractivity contribution in [3.8, 4) is 5.69 Å². The van der Waals surface area contributed by atoms with E-state index >= 15 is 0 Å². The van der Waals surface area contributed by atoms with E-state index in [1.165, 1.54) is 0 Å². The number of nitrogens with zero attached hydrogens (tertiary/aromatic N) is 2. The monoisotopic (exact) mass is 434 g/mol. The minimum atomic E-state index is -0.333. The summed E-state index contributed by atoms with van der Waals surface area (Å²) < 4.78 is 7.69. The van der Waals surface area contributed by atoms with Gasteiger partial charge < -0.3 is 4.42 Å². The summed E-state index contributed by atoms with van der Waals surface area (Å²) in [7, 11) is 0. The Morgan fingerprint density at radius 1 is 0.844 bits per heavy atom. The number of aromatic nitrogens is 2. The SMILES string of the molecule is O=c1cc(CSc2nc3ccccc3n2-c2ccccc2)c2c(ccc3ccccc32)o1. The molecule has 0 spiro atoms. The molecule has 0 aliphatic rings. The van der Waals surface area contributed by atoms with E-state index in [9.17, 15) is 4.79 Å². The second kappa shape index (κ2) is 7.70. The minimum Gasteiger partial charge on any atom is -0.423 e. The van der Waals surface area contributed by atoms with Crippen LogP contribution < -0.4 is 5.63 Å². The molecule has 0 fully saturated rings. The molecule has 0 saturated carbocycles. The van der Waals surface area contributed by atoms with E-state index in [0.29, 0.717) is 11.3 Å². The molecular formula is C27H18N2O2S. The van der Waals surface area contributed by atoms with Crippen LogP contribution in [-0.2, 0) is 5.75 Å². The Bertz CT molecular complexity index is 1650. The average Bonchev–Trinajstić information content (AvgIpc) is 3.21. The molecule has 2 heterocycles. The van der Waals surface area contributed by atoms with Gasteiger partial charge in [0, 0.05) is 22.9 Å². The fourth-order valence-corrected chi connectivity index (χ4v) is 5.21. The van der Waals surface area contributed by atoms with Crippen LogP contribution in [0.4, 0.5) is 0 Å². The van der Waals surface area contributed by atoms with E-state index in [0.717, 1.165) is 43.6 Å². The van der Waals surface area contributed by atoms with Crippen LogP contribution in [0.15, 0.2) is 111 Å². The lowest BCUT2D eigenvalue weighted by Gasteiger charge is -2.11. The van der Waals surface area contributed by atoms with E-state index in [4.69, 9.17) is 9.40 Å². The molecule has 0 aliphatic heterocycles. The summed E-state index contributed by atoms with van der Waals surface area (Å²) in [6, 6.07) is 32.0. The van der Waals surface area contributed by atoms with Crippen molar-refractivity contribution < 1.29 is 4.42 Å². The fraction of sp³-hybridized carbons (Fsp3) is 0.0370. The zero-order valence-electron chi connectivity index (χ0n) is 17.1. The number of benzene rings is 4. The number of imidazole rings is 1. The highest BCUT2D eigenvalue weighted by Crippen LogP contribution is 2.33. The van der Waals surface area contributed by atoms with Gasteiger partial charge in [-0.05, 0) is 46.7 Å². The van der Waals surface area contributed by atoms with Crippen LogP contribution in [0.1, 0.15) is 5.56 Å². The molecule has 0 aliphatic carbocycles. The second-order valence-corrected chi connectivity index (χ2v) is 8.54. The predicted octanol–water partition coefficient (Wildman–Crippen LogP) is 6.58. The number of rotatable bonds is 4. The molecule has 6 aromatic rings. The molecule has 4 nitrogen and oxygen atoms in total. The molecule has 5 heteroatoms. The largest absolute Gasteiger partial charge is 0.423 e. The van der Waals surface area contributed by atoms with Crippen molar-refractivity contribution in [3.63, 3.8) is 0 Å². The third kappa shape index (κ3) is 3.18. The van der Waals surface area contributed by atoms with Gasteiger partial charge >= 0.3 is 5.63 Å². The van der Waals surface area contributed by atoms with Crippen molar-refractivity contribution >= 4 is 44.5 Å². The van der Waals surface area contributed by atoms with Crippen molar-refractivity contribution in [2.24, 2.45) is 0 Å². The molecule has 4 aromatic carbocycles. The Kier molecular flexibility index (Phi) is 4.55. The first-order valence-corrected chi connectivity index (χ1v) is 11.4. The fourth-order valence-electron chi connectivity index (χ4n) is 4.20. The summed E-state index contributed by atoms with van der Waals surface area (Å²) in [6.07, 6.45) is 0. The highest BCUT2D eigenvalue weighted by atomic mass is 32.2. The third-order valence-electron chi connectivity index (χ3n) is 5.62. The number of hydrogen-bond donors (Lipinski definition) is 0.